The van der Waals surface area contributed by atoms with Crippen molar-refractivity contribution in [1.82, 2.24) is 5.32 Å². The van der Waals surface area contributed by atoms with E-state index in [1.807, 2.05) is 18.2 Å². The van der Waals surface area contributed by atoms with E-state index in [0.717, 1.165) is 44.2 Å². The van der Waals surface area contributed by atoms with Crippen LogP contribution in [-0.2, 0) is 9.59 Å². The first-order valence-corrected chi connectivity index (χ1v) is 10.2. The van der Waals surface area contributed by atoms with Crippen LogP contribution in [0.3, 0.4) is 0 Å². The Hall–Kier alpha value is -1.84. The summed E-state index contributed by atoms with van der Waals surface area (Å²) in [5.41, 5.74) is 3.29. The maximum atomic E-state index is 12.5. The lowest BCUT2D eigenvalue weighted by Crippen LogP contribution is -2.41. The van der Waals surface area contributed by atoms with Gasteiger partial charge in [0, 0.05) is 23.6 Å². The van der Waals surface area contributed by atoms with Gasteiger partial charge in [0.25, 0.3) is 0 Å². The molecule has 0 saturated heterocycles. The molecule has 0 atom stereocenters. The molecule has 0 heterocycles. The molecule has 0 unspecified atom stereocenters. The molecule has 26 heavy (non-hydrogen) atoms. The molecular formula is C22H32N2O2. The Morgan fingerprint density at radius 2 is 1.42 bits per heavy atom. The molecule has 0 spiro atoms. The van der Waals surface area contributed by atoms with Crippen molar-refractivity contribution >= 4 is 17.5 Å². The highest BCUT2D eigenvalue weighted by Crippen LogP contribution is 2.30. The van der Waals surface area contributed by atoms with Gasteiger partial charge in [0.2, 0.25) is 11.8 Å². The molecule has 2 aliphatic carbocycles. The first-order valence-electron chi connectivity index (χ1n) is 10.2. The van der Waals surface area contributed by atoms with Gasteiger partial charge in [-0.3, -0.25) is 9.59 Å². The number of aryl methyl sites for hydroxylation is 2. The van der Waals surface area contributed by atoms with Gasteiger partial charge in [-0.05, 0) is 75.6 Å². The van der Waals surface area contributed by atoms with Crippen LogP contribution < -0.4 is 10.6 Å². The lowest BCUT2D eigenvalue weighted by molar-refractivity contribution is -0.129. The SMILES string of the molecule is Cc1ccc(NC(=O)C2CCC(C(=O)NC3CCCCC3)CC2)cc1C. The van der Waals surface area contributed by atoms with Crippen molar-refractivity contribution in [3.63, 3.8) is 0 Å². The molecule has 0 bridgehead atoms. The van der Waals surface area contributed by atoms with Crippen LogP contribution in [0.5, 0.6) is 0 Å². The summed E-state index contributed by atoms with van der Waals surface area (Å²) < 4.78 is 0. The monoisotopic (exact) mass is 356 g/mol. The minimum Gasteiger partial charge on any atom is -0.353 e. The fourth-order valence-corrected chi connectivity index (χ4v) is 4.25. The molecule has 3 rings (SSSR count). The number of nitrogens with one attached hydrogen (secondary N) is 2. The van der Waals surface area contributed by atoms with E-state index in [4.69, 9.17) is 0 Å². The Labute approximate surface area is 157 Å². The van der Waals surface area contributed by atoms with Crippen molar-refractivity contribution in [2.24, 2.45) is 11.8 Å². The van der Waals surface area contributed by atoms with Gasteiger partial charge in [-0.25, -0.2) is 0 Å². The molecule has 2 aliphatic rings. The summed E-state index contributed by atoms with van der Waals surface area (Å²) in [7, 11) is 0. The van der Waals surface area contributed by atoms with Crippen LogP contribution in [0.2, 0.25) is 0 Å². The first-order chi connectivity index (χ1) is 12.5. The number of amides is 2. The summed E-state index contributed by atoms with van der Waals surface area (Å²) in [5, 5.41) is 6.29. The largest absolute Gasteiger partial charge is 0.353 e. The van der Waals surface area contributed by atoms with Crippen molar-refractivity contribution in [3.05, 3.63) is 29.3 Å². The number of anilines is 1. The van der Waals surface area contributed by atoms with Gasteiger partial charge in [-0.15, -0.1) is 0 Å². The molecule has 0 aromatic heterocycles. The van der Waals surface area contributed by atoms with Crippen LogP contribution >= 0.6 is 0 Å². The highest BCUT2D eigenvalue weighted by atomic mass is 16.2. The maximum absolute atomic E-state index is 12.5. The number of rotatable bonds is 4. The summed E-state index contributed by atoms with van der Waals surface area (Å²) in [6.07, 6.45) is 9.27. The highest BCUT2D eigenvalue weighted by Gasteiger charge is 2.31. The van der Waals surface area contributed by atoms with E-state index < -0.39 is 0 Å². The fraction of sp³-hybridized carbons (Fsp3) is 0.636. The average molecular weight is 357 g/mol. The molecule has 2 N–H and O–H groups in total. The topological polar surface area (TPSA) is 58.2 Å². The molecule has 4 nitrogen and oxygen atoms in total. The number of hydrogen-bond donors (Lipinski definition) is 2. The van der Waals surface area contributed by atoms with Crippen molar-refractivity contribution in [2.45, 2.75) is 77.7 Å². The normalized spacial score (nSPS) is 24.1. The van der Waals surface area contributed by atoms with Crippen molar-refractivity contribution in [2.75, 3.05) is 5.32 Å². The van der Waals surface area contributed by atoms with E-state index in [-0.39, 0.29) is 23.7 Å². The van der Waals surface area contributed by atoms with Gasteiger partial charge in [0.1, 0.15) is 0 Å². The zero-order valence-electron chi connectivity index (χ0n) is 16.1. The lowest BCUT2D eigenvalue weighted by Gasteiger charge is -2.30. The zero-order chi connectivity index (χ0) is 18.5. The summed E-state index contributed by atoms with van der Waals surface area (Å²) in [5.74, 6) is 0.419. The minimum absolute atomic E-state index is 0.0235. The van der Waals surface area contributed by atoms with Crippen LogP contribution in [0.15, 0.2) is 18.2 Å². The van der Waals surface area contributed by atoms with Crippen molar-refractivity contribution < 1.29 is 9.59 Å². The van der Waals surface area contributed by atoms with Crippen LogP contribution in [0.1, 0.15) is 68.9 Å². The molecule has 4 heteroatoms. The average Bonchev–Trinajstić information content (AvgIpc) is 2.65. The second-order valence-electron chi connectivity index (χ2n) is 8.18. The minimum atomic E-state index is 0.0235. The third-order valence-electron chi connectivity index (χ3n) is 6.19. The smallest absolute Gasteiger partial charge is 0.227 e. The standard InChI is InChI=1S/C22H32N2O2/c1-15-8-13-20(14-16(15)2)24-22(26)18-11-9-17(10-12-18)21(25)23-19-6-4-3-5-7-19/h8,13-14,17-19H,3-7,9-12H2,1-2H3,(H,23,25)(H,24,26). The molecule has 2 amide bonds. The Bertz CT molecular complexity index is 642. The predicted octanol–water partition coefficient (Wildman–Crippen LogP) is 4.50. The second-order valence-corrected chi connectivity index (χ2v) is 8.18. The zero-order valence-corrected chi connectivity index (χ0v) is 16.1. The van der Waals surface area contributed by atoms with E-state index in [1.165, 1.54) is 30.4 Å². The molecule has 0 radical (unpaired) electrons. The Balaban J connectivity index is 1.45. The van der Waals surface area contributed by atoms with Gasteiger partial charge in [0.05, 0.1) is 0 Å². The number of benzene rings is 1. The van der Waals surface area contributed by atoms with Gasteiger partial charge in [0.15, 0.2) is 0 Å². The molecule has 1 aromatic rings. The number of hydrogen-bond acceptors (Lipinski definition) is 2. The van der Waals surface area contributed by atoms with E-state index in [2.05, 4.69) is 24.5 Å². The van der Waals surface area contributed by atoms with E-state index in [9.17, 15) is 9.59 Å². The van der Waals surface area contributed by atoms with E-state index >= 15 is 0 Å². The van der Waals surface area contributed by atoms with Gasteiger partial charge >= 0.3 is 0 Å². The maximum Gasteiger partial charge on any atom is 0.227 e. The van der Waals surface area contributed by atoms with Crippen molar-refractivity contribution in [1.29, 1.82) is 0 Å². The number of carbonyl (C=O) groups excluding carboxylic acids is 2. The third kappa shape index (κ3) is 4.87. The Morgan fingerprint density at radius 1 is 0.808 bits per heavy atom. The highest BCUT2D eigenvalue weighted by molar-refractivity contribution is 5.93. The molecular weight excluding hydrogens is 324 g/mol. The Kier molecular flexibility index (Phi) is 6.33. The molecule has 142 valence electrons. The van der Waals surface area contributed by atoms with Crippen LogP contribution in [0, 0.1) is 25.7 Å². The van der Waals surface area contributed by atoms with Crippen LogP contribution in [0.4, 0.5) is 5.69 Å². The van der Waals surface area contributed by atoms with E-state index in [1.54, 1.807) is 0 Å². The van der Waals surface area contributed by atoms with Gasteiger partial charge in [-0.1, -0.05) is 25.3 Å². The summed E-state index contributed by atoms with van der Waals surface area (Å²) in [4.78, 5) is 25.0. The van der Waals surface area contributed by atoms with Gasteiger partial charge < -0.3 is 10.6 Å². The first kappa shape index (κ1) is 18.9. The third-order valence-corrected chi connectivity index (χ3v) is 6.19. The number of carbonyl (C=O) groups is 2. The summed E-state index contributed by atoms with van der Waals surface area (Å²) in [6.45, 7) is 4.13. The van der Waals surface area contributed by atoms with Crippen molar-refractivity contribution in [3.8, 4) is 0 Å². The van der Waals surface area contributed by atoms with Gasteiger partial charge in [-0.2, -0.15) is 0 Å². The quantitative estimate of drug-likeness (QED) is 0.834. The summed E-state index contributed by atoms with van der Waals surface area (Å²) in [6, 6.07) is 6.40. The molecule has 2 saturated carbocycles. The van der Waals surface area contributed by atoms with Crippen LogP contribution in [-0.4, -0.2) is 17.9 Å². The lowest BCUT2D eigenvalue weighted by atomic mass is 9.80. The summed E-state index contributed by atoms with van der Waals surface area (Å²) >= 11 is 0. The molecule has 2 fully saturated rings. The molecule has 0 aliphatic heterocycles. The Morgan fingerprint density at radius 3 is 2.04 bits per heavy atom. The molecule has 1 aromatic carbocycles. The second kappa shape index (κ2) is 8.70. The van der Waals surface area contributed by atoms with E-state index in [0.29, 0.717) is 6.04 Å². The van der Waals surface area contributed by atoms with Crippen LogP contribution in [0.25, 0.3) is 0 Å². The fourth-order valence-electron chi connectivity index (χ4n) is 4.25. The predicted molar refractivity (Wildman–Crippen MR) is 105 cm³/mol.